The number of amides is 1. The van der Waals surface area contributed by atoms with Crippen molar-refractivity contribution in [2.24, 2.45) is 5.92 Å². The molecule has 2 aromatic rings. The molecule has 1 amide bonds. The summed E-state index contributed by atoms with van der Waals surface area (Å²) in [6.45, 7) is 1.51. The highest BCUT2D eigenvalue weighted by atomic mass is 16.5. The molecule has 2 aliphatic rings. The zero-order valence-corrected chi connectivity index (χ0v) is 14.3. The lowest BCUT2D eigenvalue weighted by Gasteiger charge is -2.29. The number of nitrogens with zero attached hydrogens (tertiary/aromatic N) is 3. The van der Waals surface area contributed by atoms with Crippen LogP contribution in [-0.2, 0) is 4.79 Å². The van der Waals surface area contributed by atoms with Crippen LogP contribution in [0.25, 0.3) is 11.4 Å². The average molecular weight is 342 g/mol. The van der Waals surface area contributed by atoms with Gasteiger partial charge in [-0.15, -0.1) is 0 Å². The Morgan fingerprint density at radius 1 is 1.20 bits per heavy atom. The van der Waals surface area contributed by atoms with E-state index in [0.29, 0.717) is 17.9 Å². The molecule has 1 saturated carbocycles. The highest BCUT2D eigenvalue weighted by molar-refractivity contribution is 5.79. The van der Waals surface area contributed by atoms with Crippen molar-refractivity contribution in [1.82, 2.24) is 15.5 Å². The molecule has 2 heterocycles. The third kappa shape index (κ3) is 3.60. The van der Waals surface area contributed by atoms with Crippen molar-refractivity contribution in [2.45, 2.75) is 31.7 Å². The van der Waals surface area contributed by atoms with Gasteiger partial charge in [0, 0.05) is 30.6 Å². The Balaban J connectivity index is 1.36. The first-order chi connectivity index (χ1) is 12.2. The fraction of sp³-hybridized carbons (Fsp3) is 0.500. The van der Waals surface area contributed by atoms with E-state index in [2.05, 4.69) is 20.4 Å². The molecule has 1 aliphatic heterocycles. The number of methoxy groups -OCH3 is 1. The molecule has 0 radical (unpaired) electrons. The van der Waals surface area contributed by atoms with Crippen molar-refractivity contribution >= 4 is 11.9 Å². The zero-order chi connectivity index (χ0) is 17.2. The summed E-state index contributed by atoms with van der Waals surface area (Å²) in [6, 6.07) is 8.49. The lowest BCUT2D eigenvalue weighted by molar-refractivity contribution is -0.125. The summed E-state index contributed by atoms with van der Waals surface area (Å²) in [4.78, 5) is 18.7. The fourth-order valence-corrected chi connectivity index (χ4v) is 3.08. The number of rotatable bonds is 5. The number of nitrogens with one attached hydrogen (secondary N) is 1. The third-order valence-electron chi connectivity index (χ3n) is 4.82. The Morgan fingerprint density at radius 3 is 2.56 bits per heavy atom. The van der Waals surface area contributed by atoms with Gasteiger partial charge in [-0.1, -0.05) is 5.16 Å². The Bertz CT molecular complexity index is 731. The molecule has 1 aromatic heterocycles. The summed E-state index contributed by atoms with van der Waals surface area (Å²) in [5, 5.41) is 7.17. The normalized spacial score (nSPS) is 18.2. The van der Waals surface area contributed by atoms with Gasteiger partial charge in [-0.05, 0) is 49.9 Å². The van der Waals surface area contributed by atoms with E-state index in [1.54, 1.807) is 7.11 Å². The summed E-state index contributed by atoms with van der Waals surface area (Å²) < 4.78 is 10.6. The molecule has 0 spiro atoms. The average Bonchev–Trinajstić information content (AvgIpc) is 3.34. The van der Waals surface area contributed by atoms with E-state index in [1.807, 2.05) is 24.3 Å². The van der Waals surface area contributed by atoms with Gasteiger partial charge in [0.25, 0.3) is 0 Å². The monoisotopic (exact) mass is 342 g/mol. The smallest absolute Gasteiger partial charge is 0.324 e. The first-order valence-corrected chi connectivity index (χ1v) is 8.76. The number of anilines is 1. The van der Waals surface area contributed by atoms with Crippen molar-refractivity contribution in [3.05, 3.63) is 24.3 Å². The minimum absolute atomic E-state index is 0.0980. The maximum atomic E-state index is 12.1. The quantitative estimate of drug-likeness (QED) is 0.897. The first-order valence-electron chi connectivity index (χ1n) is 8.76. The van der Waals surface area contributed by atoms with Crippen LogP contribution < -0.4 is 15.0 Å². The van der Waals surface area contributed by atoms with Gasteiger partial charge in [0.1, 0.15) is 5.75 Å². The molecule has 0 unspecified atom stereocenters. The van der Waals surface area contributed by atoms with Crippen molar-refractivity contribution in [2.75, 3.05) is 25.1 Å². The molecule has 7 nitrogen and oxygen atoms in total. The van der Waals surface area contributed by atoms with Gasteiger partial charge < -0.3 is 19.5 Å². The maximum absolute atomic E-state index is 12.1. The van der Waals surface area contributed by atoms with Crippen LogP contribution in [-0.4, -0.2) is 42.3 Å². The van der Waals surface area contributed by atoms with Gasteiger partial charge in [0.05, 0.1) is 7.11 Å². The second-order valence-corrected chi connectivity index (χ2v) is 6.67. The summed E-state index contributed by atoms with van der Waals surface area (Å²) >= 11 is 0. The van der Waals surface area contributed by atoms with E-state index >= 15 is 0 Å². The Labute approximate surface area is 146 Å². The van der Waals surface area contributed by atoms with Crippen LogP contribution >= 0.6 is 0 Å². The van der Waals surface area contributed by atoms with Crippen molar-refractivity contribution < 1.29 is 14.1 Å². The highest BCUT2D eigenvalue weighted by Crippen LogP contribution is 2.27. The number of carbonyl (C=O) groups excluding carboxylic acids is 1. The van der Waals surface area contributed by atoms with Gasteiger partial charge in [0.2, 0.25) is 11.7 Å². The summed E-state index contributed by atoms with van der Waals surface area (Å²) in [5.41, 5.74) is 0.884. The van der Waals surface area contributed by atoms with Crippen LogP contribution in [0.2, 0.25) is 0 Å². The summed E-state index contributed by atoms with van der Waals surface area (Å²) in [7, 11) is 1.63. The first kappa shape index (κ1) is 15.9. The molecule has 0 bridgehead atoms. The molecule has 4 rings (SSSR count). The molecule has 25 heavy (non-hydrogen) atoms. The number of hydrogen-bond acceptors (Lipinski definition) is 6. The lowest BCUT2D eigenvalue weighted by atomic mass is 9.96. The van der Waals surface area contributed by atoms with E-state index in [-0.39, 0.29) is 11.8 Å². The molecule has 1 N–H and O–H groups in total. The predicted octanol–water partition coefficient (Wildman–Crippen LogP) is 2.24. The fourth-order valence-electron chi connectivity index (χ4n) is 3.08. The minimum Gasteiger partial charge on any atom is -0.497 e. The molecule has 1 aliphatic carbocycles. The highest BCUT2D eigenvalue weighted by Gasteiger charge is 2.31. The number of ether oxygens (including phenoxy) is 1. The zero-order valence-electron chi connectivity index (χ0n) is 14.3. The van der Waals surface area contributed by atoms with Crippen LogP contribution in [0.5, 0.6) is 5.75 Å². The molecule has 2 fully saturated rings. The van der Waals surface area contributed by atoms with Crippen LogP contribution in [0.3, 0.4) is 0 Å². The SMILES string of the molecule is COc1ccc(-c2noc(N3CCC(C(=O)NC4CC4)CC3)n2)cc1. The number of aromatic nitrogens is 2. The molecule has 132 valence electrons. The second kappa shape index (κ2) is 6.74. The number of piperidine rings is 1. The molecule has 7 heteroatoms. The number of hydrogen-bond donors (Lipinski definition) is 1. The summed E-state index contributed by atoms with van der Waals surface area (Å²) in [6.07, 6.45) is 3.89. The topological polar surface area (TPSA) is 80.5 Å². The standard InChI is InChI=1S/C18H22N4O3/c1-24-15-6-2-12(3-7-15)16-20-18(25-21-16)22-10-8-13(9-11-22)17(23)19-14-4-5-14/h2-3,6-7,13-14H,4-5,8-11H2,1H3,(H,19,23). The maximum Gasteiger partial charge on any atom is 0.324 e. The Hall–Kier alpha value is -2.57. The number of carbonyl (C=O) groups is 1. The van der Waals surface area contributed by atoms with Gasteiger partial charge in [-0.25, -0.2) is 0 Å². The molecular formula is C18H22N4O3. The van der Waals surface area contributed by atoms with Crippen LogP contribution in [0, 0.1) is 5.92 Å². The van der Waals surface area contributed by atoms with Crippen LogP contribution in [0.1, 0.15) is 25.7 Å². The molecule has 1 aromatic carbocycles. The third-order valence-corrected chi connectivity index (χ3v) is 4.82. The van der Waals surface area contributed by atoms with E-state index < -0.39 is 0 Å². The van der Waals surface area contributed by atoms with Gasteiger partial charge in [0.15, 0.2) is 0 Å². The molecule has 0 atom stereocenters. The van der Waals surface area contributed by atoms with Crippen molar-refractivity contribution in [3.63, 3.8) is 0 Å². The van der Waals surface area contributed by atoms with Crippen LogP contribution in [0.4, 0.5) is 6.01 Å². The Kier molecular flexibility index (Phi) is 4.29. The molecular weight excluding hydrogens is 320 g/mol. The number of benzene rings is 1. The van der Waals surface area contributed by atoms with E-state index in [4.69, 9.17) is 9.26 Å². The predicted molar refractivity (Wildman–Crippen MR) is 92.4 cm³/mol. The van der Waals surface area contributed by atoms with Gasteiger partial charge >= 0.3 is 6.01 Å². The molecule has 1 saturated heterocycles. The van der Waals surface area contributed by atoms with Crippen molar-refractivity contribution in [3.8, 4) is 17.1 Å². The largest absolute Gasteiger partial charge is 0.497 e. The van der Waals surface area contributed by atoms with E-state index in [0.717, 1.165) is 50.1 Å². The second-order valence-electron chi connectivity index (χ2n) is 6.67. The van der Waals surface area contributed by atoms with Crippen molar-refractivity contribution in [1.29, 1.82) is 0 Å². The minimum atomic E-state index is 0.0980. The summed E-state index contributed by atoms with van der Waals surface area (Å²) in [5.74, 6) is 1.65. The van der Waals surface area contributed by atoms with E-state index in [1.165, 1.54) is 0 Å². The van der Waals surface area contributed by atoms with Gasteiger partial charge in [-0.3, -0.25) is 4.79 Å². The van der Waals surface area contributed by atoms with Gasteiger partial charge in [-0.2, -0.15) is 4.98 Å². The van der Waals surface area contributed by atoms with Crippen LogP contribution in [0.15, 0.2) is 28.8 Å². The van der Waals surface area contributed by atoms with E-state index in [9.17, 15) is 4.79 Å². The Morgan fingerprint density at radius 2 is 1.92 bits per heavy atom. The lowest BCUT2D eigenvalue weighted by Crippen LogP contribution is -2.41.